The molecule has 26 heavy (non-hydrogen) atoms. The maximum atomic E-state index is 12.2. The molecular weight excluding hydrogens is 352 g/mol. The highest BCUT2D eigenvalue weighted by molar-refractivity contribution is 7.15. The zero-order valence-corrected chi connectivity index (χ0v) is 15.2. The fraction of sp³-hybridized carbons (Fsp3) is 0.211. The molecule has 3 rings (SSSR count). The SMILES string of the molecule is Cc1sc(-c2ccco2)nc1C(=O)OCC(=O)NC(C)c1ccccc1. The quantitative estimate of drug-likeness (QED) is 0.669. The third-order valence-electron chi connectivity index (χ3n) is 3.73. The van der Waals surface area contributed by atoms with Crippen LogP contribution < -0.4 is 5.32 Å². The van der Waals surface area contributed by atoms with Crippen molar-refractivity contribution in [3.8, 4) is 10.8 Å². The molecule has 2 aromatic heterocycles. The van der Waals surface area contributed by atoms with Crippen LogP contribution in [0.2, 0.25) is 0 Å². The van der Waals surface area contributed by atoms with E-state index in [2.05, 4.69) is 10.3 Å². The lowest BCUT2D eigenvalue weighted by Crippen LogP contribution is -2.31. The molecule has 6 nitrogen and oxygen atoms in total. The van der Waals surface area contributed by atoms with Crippen molar-refractivity contribution >= 4 is 23.2 Å². The van der Waals surface area contributed by atoms with Gasteiger partial charge in [-0.05, 0) is 31.5 Å². The fourth-order valence-electron chi connectivity index (χ4n) is 2.40. The third kappa shape index (κ3) is 4.18. The smallest absolute Gasteiger partial charge is 0.358 e. The Labute approximate surface area is 154 Å². The molecule has 0 spiro atoms. The lowest BCUT2D eigenvalue weighted by atomic mass is 10.1. The summed E-state index contributed by atoms with van der Waals surface area (Å²) in [5, 5.41) is 3.39. The predicted octanol–water partition coefficient (Wildman–Crippen LogP) is 3.75. The molecule has 0 radical (unpaired) electrons. The summed E-state index contributed by atoms with van der Waals surface area (Å²) in [7, 11) is 0. The summed E-state index contributed by atoms with van der Waals surface area (Å²) in [6.45, 7) is 3.29. The number of hydrogen-bond acceptors (Lipinski definition) is 6. The summed E-state index contributed by atoms with van der Waals surface area (Å²) >= 11 is 1.34. The molecule has 0 saturated heterocycles. The summed E-state index contributed by atoms with van der Waals surface area (Å²) in [6.07, 6.45) is 1.54. The van der Waals surface area contributed by atoms with Crippen LogP contribution in [-0.2, 0) is 9.53 Å². The Kier molecular flexibility index (Phi) is 5.48. The molecule has 1 amide bonds. The maximum absolute atomic E-state index is 12.2. The van der Waals surface area contributed by atoms with Crippen molar-refractivity contribution in [2.75, 3.05) is 6.61 Å². The molecule has 2 heterocycles. The summed E-state index contributed by atoms with van der Waals surface area (Å²) in [5.74, 6) is -0.403. The van der Waals surface area contributed by atoms with Crippen LogP contribution in [0.1, 0.15) is 33.9 Å². The van der Waals surface area contributed by atoms with Gasteiger partial charge in [-0.2, -0.15) is 0 Å². The number of esters is 1. The molecular formula is C19H18N2O4S. The van der Waals surface area contributed by atoms with Gasteiger partial charge in [0, 0.05) is 4.88 Å². The lowest BCUT2D eigenvalue weighted by Gasteiger charge is -2.14. The van der Waals surface area contributed by atoms with Crippen molar-refractivity contribution in [3.05, 3.63) is 64.9 Å². The van der Waals surface area contributed by atoms with Gasteiger partial charge in [0.1, 0.15) is 0 Å². The molecule has 1 N–H and O–H groups in total. The van der Waals surface area contributed by atoms with Crippen molar-refractivity contribution in [2.24, 2.45) is 0 Å². The molecule has 1 atom stereocenters. The van der Waals surface area contributed by atoms with Gasteiger partial charge in [0.25, 0.3) is 5.91 Å². The van der Waals surface area contributed by atoms with E-state index in [4.69, 9.17) is 9.15 Å². The molecule has 0 aliphatic heterocycles. The number of ether oxygens (including phenoxy) is 1. The minimum absolute atomic E-state index is 0.172. The van der Waals surface area contributed by atoms with E-state index in [0.29, 0.717) is 15.6 Å². The molecule has 0 bridgehead atoms. The standard InChI is InChI=1S/C19H18N2O4S/c1-12(14-7-4-3-5-8-14)20-16(22)11-25-19(23)17-13(2)26-18(21-17)15-9-6-10-24-15/h3-10,12H,11H2,1-2H3,(H,20,22). The zero-order chi connectivity index (χ0) is 18.5. The second-order valence-electron chi connectivity index (χ2n) is 5.68. The number of carbonyl (C=O) groups excluding carboxylic acids is 2. The summed E-state index contributed by atoms with van der Waals surface area (Å²) in [5.41, 5.74) is 1.18. The lowest BCUT2D eigenvalue weighted by molar-refractivity contribution is -0.124. The first-order valence-electron chi connectivity index (χ1n) is 8.07. The van der Waals surface area contributed by atoms with E-state index in [1.807, 2.05) is 37.3 Å². The number of furan rings is 1. The Hall–Kier alpha value is -2.93. The van der Waals surface area contributed by atoms with Gasteiger partial charge in [-0.3, -0.25) is 4.79 Å². The predicted molar refractivity (Wildman–Crippen MR) is 97.8 cm³/mol. The third-order valence-corrected chi connectivity index (χ3v) is 4.72. The van der Waals surface area contributed by atoms with Crippen molar-refractivity contribution in [1.29, 1.82) is 0 Å². The highest BCUT2D eigenvalue weighted by Gasteiger charge is 2.20. The molecule has 3 aromatic rings. The molecule has 1 unspecified atom stereocenters. The van der Waals surface area contributed by atoms with Crippen LogP contribution in [0.15, 0.2) is 53.1 Å². The fourth-order valence-corrected chi connectivity index (χ4v) is 3.27. The van der Waals surface area contributed by atoms with Gasteiger partial charge in [-0.15, -0.1) is 11.3 Å². The van der Waals surface area contributed by atoms with Gasteiger partial charge < -0.3 is 14.5 Å². The molecule has 7 heteroatoms. The Morgan fingerprint density at radius 3 is 2.69 bits per heavy atom. The highest BCUT2D eigenvalue weighted by atomic mass is 32.1. The van der Waals surface area contributed by atoms with E-state index in [9.17, 15) is 9.59 Å². The van der Waals surface area contributed by atoms with Crippen LogP contribution in [0.3, 0.4) is 0 Å². The molecule has 0 aliphatic rings. The van der Waals surface area contributed by atoms with Crippen molar-refractivity contribution in [2.45, 2.75) is 19.9 Å². The first-order chi connectivity index (χ1) is 12.5. The maximum Gasteiger partial charge on any atom is 0.358 e. The summed E-state index contributed by atoms with van der Waals surface area (Å²) < 4.78 is 10.4. The van der Waals surface area contributed by atoms with E-state index in [0.717, 1.165) is 5.56 Å². The first-order valence-corrected chi connectivity index (χ1v) is 8.89. The van der Waals surface area contributed by atoms with Crippen molar-refractivity contribution in [3.63, 3.8) is 0 Å². The number of aryl methyl sites for hydroxylation is 1. The van der Waals surface area contributed by atoms with E-state index in [-0.39, 0.29) is 24.2 Å². The van der Waals surface area contributed by atoms with Gasteiger partial charge in [0.2, 0.25) is 0 Å². The van der Waals surface area contributed by atoms with Gasteiger partial charge in [-0.1, -0.05) is 30.3 Å². The number of amides is 1. The average molecular weight is 370 g/mol. The number of thiazole rings is 1. The topological polar surface area (TPSA) is 81.4 Å². The van der Waals surface area contributed by atoms with E-state index >= 15 is 0 Å². The van der Waals surface area contributed by atoms with Crippen LogP contribution in [0.4, 0.5) is 0 Å². The molecule has 134 valence electrons. The minimum Gasteiger partial charge on any atom is -0.462 e. The summed E-state index contributed by atoms with van der Waals surface area (Å²) in [6, 6.07) is 12.9. The number of nitrogens with one attached hydrogen (secondary N) is 1. The second kappa shape index (κ2) is 7.97. The van der Waals surface area contributed by atoms with Crippen LogP contribution in [0.5, 0.6) is 0 Å². The summed E-state index contributed by atoms with van der Waals surface area (Å²) in [4.78, 5) is 29.2. The number of carbonyl (C=O) groups is 2. The largest absolute Gasteiger partial charge is 0.462 e. The molecule has 1 aromatic carbocycles. The van der Waals surface area contributed by atoms with Crippen molar-refractivity contribution in [1.82, 2.24) is 10.3 Å². The average Bonchev–Trinajstić information content (AvgIpc) is 3.30. The second-order valence-corrected chi connectivity index (χ2v) is 6.88. The van der Waals surface area contributed by atoms with Gasteiger partial charge in [0.05, 0.1) is 12.3 Å². The zero-order valence-electron chi connectivity index (χ0n) is 14.4. The van der Waals surface area contributed by atoms with Gasteiger partial charge in [0.15, 0.2) is 23.1 Å². The van der Waals surface area contributed by atoms with E-state index < -0.39 is 5.97 Å². The van der Waals surface area contributed by atoms with Crippen LogP contribution >= 0.6 is 11.3 Å². The Morgan fingerprint density at radius 1 is 1.23 bits per heavy atom. The number of benzene rings is 1. The van der Waals surface area contributed by atoms with Crippen LogP contribution in [0, 0.1) is 6.92 Å². The first kappa shape index (κ1) is 17.9. The minimum atomic E-state index is -0.626. The van der Waals surface area contributed by atoms with Crippen LogP contribution in [0.25, 0.3) is 10.8 Å². The highest BCUT2D eigenvalue weighted by Crippen LogP contribution is 2.28. The molecule has 0 saturated carbocycles. The van der Waals surface area contributed by atoms with Gasteiger partial charge >= 0.3 is 5.97 Å². The molecule has 0 aliphatic carbocycles. The van der Waals surface area contributed by atoms with E-state index in [1.165, 1.54) is 11.3 Å². The monoisotopic (exact) mass is 370 g/mol. The van der Waals surface area contributed by atoms with Gasteiger partial charge in [-0.25, -0.2) is 9.78 Å². The Balaban J connectivity index is 1.56. The Bertz CT molecular complexity index is 888. The number of rotatable bonds is 6. The van der Waals surface area contributed by atoms with E-state index in [1.54, 1.807) is 25.3 Å². The number of hydrogen-bond donors (Lipinski definition) is 1. The normalized spacial score (nSPS) is 11.8. The van der Waals surface area contributed by atoms with Crippen LogP contribution in [-0.4, -0.2) is 23.5 Å². The molecule has 0 fully saturated rings. The number of nitrogens with zero attached hydrogens (tertiary/aromatic N) is 1. The van der Waals surface area contributed by atoms with Crippen molar-refractivity contribution < 1.29 is 18.7 Å². The Morgan fingerprint density at radius 2 is 2.00 bits per heavy atom. The number of aromatic nitrogens is 1.